The van der Waals surface area contributed by atoms with E-state index in [1.165, 1.54) is 11.3 Å². The van der Waals surface area contributed by atoms with Crippen LogP contribution in [-0.2, 0) is 17.6 Å². The molecule has 0 aliphatic carbocycles. The van der Waals surface area contributed by atoms with Gasteiger partial charge in [-0.05, 0) is 23.8 Å². The van der Waals surface area contributed by atoms with Crippen molar-refractivity contribution in [2.24, 2.45) is 0 Å². The highest BCUT2D eigenvalue weighted by Crippen LogP contribution is 2.22. The van der Waals surface area contributed by atoms with Gasteiger partial charge in [-0.1, -0.05) is 41.7 Å². The van der Waals surface area contributed by atoms with Crippen LogP contribution in [0.5, 0.6) is 11.5 Å². The highest BCUT2D eigenvalue weighted by atomic mass is 32.1. The minimum atomic E-state index is -0.151. The normalized spacial score (nSPS) is 10.4. The molecular formula is C19H19N3O3S. The van der Waals surface area contributed by atoms with Gasteiger partial charge in [0, 0.05) is 12.0 Å². The Kier molecular flexibility index (Phi) is 5.80. The molecule has 1 heterocycles. The number of methoxy groups -OCH3 is 2. The molecule has 1 amide bonds. The zero-order valence-electron chi connectivity index (χ0n) is 14.6. The van der Waals surface area contributed by atoms with Gasteiger partial charge >= 0.3 is 0 Å². The van der Waals surface area contributed by atoms with Gasteiger partial charge in [0.25, 0.3) is 0 Å². The van der Waals surface area contributed by atoms with E-state index in [4.69, 9.17) is 9.47 Å². The number of rotatable bonds is 7. The summed E-state index contributed by atoms with van der Waals surface area (Å²) in [5.41, 5.74) is 1.93. The van der Waals surface area contributed by atoms with E-state index < -0.39 is 0 Å². The second-order valence-electron chi connectivity index (χ2n) is 5.56. The van der Waals surface area contributed by atoms with E-state index in [1.807, 2.05) is 48.5 Å². The average molecular weight is 369 g/mol. The Morgan fingerprint density at radius 1 is 1.04 bits per heavy atom. The molecule has 7 heteroatoms. The zero-order chi connectivity index (χ0) is 18.4. The van der Waals surface area contributed by atoms with E-state index in [2.05, 4.69) is 15.5 Å². The summed E-state index contributed by atoms with van der Waals surface area (Å²) >= 11 is 1.37. The van der Waals surface area contributed by atoms with Crippen molar-refractivity contribution in [2.45, 2.75) is 12.8 Å². The lowest BCUT2D eigenvalue weighted by Crippen LogP contribution is -2.14. The molecule has 0 atom stereocenters. The van der Waals surface area contributed by atoms with Crippen LogP contribution in [0.15, 0.2) is 48.5 Å². The van der Waals surface area contributed by atoms with Gasteiger partial charge in [-0.2, -0.15) is 0 Å². The van der Waals surface area contributed by atoms with Crippen molar-refractivity contribution in [1.82, 2.24) is 10.2 Å². The van der Waals surface area contributed by atoms with E-state index >= 15 is 0 Å². The lowest BCUT2D eigenvalue weighted by atomic mass is 10.1. The van der Waals surface area contributed by atoms with Crippen molar-refractivity contribution in [3.8, 4) is 11.5 Å². The number of benzene rings is 2. The van der Waals surface area contributed by atoms with E-state index in [0.717, 1.165) is 21.9 Å². The van der Waals surface area contributed by atoms with Crippen molar-refractivity contribution < 1.29 is 14.3 Å². The number of ether oxygens (including phenoxy) is 2. The van der Waals surface area contributed by atoms with Crippen LogP contribution in [0.3, 0.4) is 0 Å². The minimum Gasteiger partial charge on any atom is -0.497 e. The number of nitrogens with zero attached hydrogens (tertiary/aromatic N) is 2. The number of nitrogens with one attached hydrogen (secondary N) is 1. The third-order valence-corrected chi connectivity index (χ3v) is 4.61. The minimum absolute atomic E-state index is 0.151. The van der Waals surface area contributed by atoms with Crippen LogP contribution in [0, 0.1) is 0 Å². The Bertz CT molecular complexity index is 878. The maximum atomic E-state index is 12.2. The molecule has 3 aromatic rings. The number of para-hydroxylation sites is 1. The molecule has 0 fully saturated rings. The molecule has 0 aliphatic heterocycles. The molecule has 0 radical (unpaired) electrons. The van der Waals surface area contributed by atoms with Crippen LogP contribution in [0.25, 0.3) is 0 Å². The predicted molar refractivity (Wildman–Crippen MR) is 101 cm³/mol. The number of carbonyl (C=O) groups is 1. The van der Waals surface area contributed by atoms with Gasteiger partial charge in [0.15, 0.2) is 0 Å². The summed E-state index contributed by atoms with van der Waals surface area (Å²) in [6.45, 7) is 0. The Hall–Kier alpha value is -2.93. The van der Waals surface area contributed by atoms with Crippen LogP contribution in [-0.4, -0.2) is 30.3 Å². The van der Waals surface area contributed by atoms with Crippen LogP contribution in [0.1, 0.15) is 16.1 Å². The topological polar surface area (TPSA) is 73.3 Å². The number of anilines is 1. The van der Waals surface area contributed by atoms with Gasteiger partial charge in [0.1, 0.15) is 16.5 Å². The lowest BCUT2D eigenvalue weighted by Gasteiger charge is -2.07. The van der Waals surface area contributed by atoms with Crippen LogP contribution < -0.4 is 14.8 Å². The standard InChI is InChI=1S/C19H19N3O3S/c1-24-15-9-7-13(8-10-15)11-18-21-22-19(26-18)20-17(23)12-14-5-3-4-6-16(14)25-2/h3-10H,11-12H2,1-2H3,(H,20,22,23). The highest BCUT2D eigenvalue weighted by molar-refractivity contribution is 7.15. The summed E-state index contributed by atoms with van der Waals surface area (Å²) in [4.78, 5) is 12.2. The lowest BCUT2D eigenvalue weighted by molar-refractivity contribution is -0.115. The second-order valence-corrected chi connectivity index (χ2v) is 6.62. The number of hydrogen-bond donors (Lipinski definition) is 1. The molecule has 1 N–H and O–H groups in total. The Morgan fingerprint density at radius 2 is 1.81 bits per heavy atom. The smallest absolute Gasteiger partial charge is 0.230 e. The molecule has 0 unspecified atom stereocenters. The molecule has 0 saturated heterocycles. The van der Waals surface area contributed by atoms with Gasteiger partial charge < -0.3 is 14.8 Å². The maximum Gasteiger partial charge on any atom is 0.230 e. The summed E-state index contributed by atoms with van der Waals surface area (Å²) in [5, 5.41) is 12.3. The molecule has 0 saturated carbocycles. The fraction of sp³-hybridized carbons (Fsp3) is 0.211. The first-order valence-electron chi connectivity index (χ1n) is 8.05. The molecule has 134 valence electrons. The Morgan fingerprint density at radius 3 is 2.54 bits per heavy atom. The highest BCUT2D eigenvalue weighted by Gasteiger charge is 2.12. The third-order valence-electron chi connectivity index (χ3n) is 3.77. The quantitative estimate of drug-likeness (QED) is 0.692. The molecule has 2 aromatic carbocycles. The largest absolute Gasteiger partial charge is 0.497 e. The predicted octanol–water partition coefficient (Wildman–Crippen LogP) is 3.33. The summed E-state index contributed by atoms with van der Waals surface area (Å²) in [7, 11) is 3.23. The Labute approximate surface area is 155 Å². The monoisotopic (exact) mass is 369 g/mol. The fourth-order valence-electron chi connectivity index (χ4n) is 2.48. The summed E-state index contributed by atoms with van der Waals surface area (Å²) in [6.07, 6.45) is 0.876. The maximum absolute atomic E-state index is 12.2. The van der Waals surface area contributed by atoms with Gasteiger partial charge in [-0.3, -0.25) is 4.79 Å². The first kappa shape index (κ1) is 17.9. The van der Waals surface area contributed by atoms with E-state index in [0.29, 0.717) is 17.3 Å². The van der Waals surface area contributed by atoms with Crippen molar-refractivity contribution in [1.29, 1.82) is 0 Å². The van der Waals surface area contributed by atoms with Crippen molar-refractivity contribution in [3.05, 3.63) is 64.7 Å². The second kappa shape index (κ2) is 8.44. The van der Waals surface area contributed by atoms with E-state index in [-0.39, 0.29) is 12.3 Å². The van der Waals surface area contributed by atoms with Crippen molar-refractivity contribution in [2.75, 3.05) is 19.5 Å². The third kappa shape index (κ3) is 4.58. The molecule has 0 spiro atoms. The summed E-state index contributed by atoms with van der Waals surface area (Å²) < 4.78 is 10.4. The molecule has 0 bridgehead atoms. The average Bonchev–Trinajstić information content (AvgIpc) is 3.09. The Balaban J connectivity index is 1.59. The van der Waals surface area contributed by atoms with Gasteiger partial charge in [0.05, 0.1) is 20.6 Å². The van der Waals surface area contributed by atoms with Crippen LogP contribution >= 0.6 is 11.3 Å². The number of hydrogen-bond acceptors (Lipinski definition) is 6. The molecule has 3 rings (SSSR count). The van der Waals surface area contributed by atoms with Crippen LogP contribution in [0.2, 0.25) is 0 Å². The zero-order valence-corrected chi connectivity index (χ0v) is 15.4. The van der Waals surface area contributed by atoms with E-state index in [1.54, 1.807) is 14.2 Å². The van der Waals surface area contributed by atoms with Crippen LogP contribution in [0.4, 0.5) is 5.13 Å². The number of aromatic nitrogens is 2. The summed E-state index contributed by atoms with van der Waals surface area (Å²) in [5.74, 6) is 1.36. The molecule has 6 nitrogen and oxygen atoms in total. The molecular weight excluding hydrogens is 350 g/mol. The van der Waals surface area contributed by atoms with E-state index in [9.17, 15) is 4.79 Å². The first-order chi connectivity index (χ1) is 12.7. The molecule has 0 aliphatic rings. The molecule has 26 heavy (non-hydrogen) atoms. The SMILES string of the molecule is COc1ccc(Cc2nnc(NC(=O)Cc3ccccc3OC)s2)cc1. The van der Waals surface area contributed by atoms with Gasteiger partial charge in [0.2, 0.25) is 11.0 Å². The van der Waals surface area contributed by atoms with Crippen molar-refractivity contribution in [3.63, 3.8) is 0 Å². The first-order valence-corrected chi connectivity index (χ1v) is 8.86. The van der Waals surface area contributed by atoms with Gasteiger partial charge in [-0.15, -0.1) is 10.2 Å². The number of carbonyl (C=O) groups excluding carboxylic acids is 1. The molecule has 1 aromatic heterocycles. The fourth-order valence-corrected chi connectivity index (χ4v) is 3.27. The van der Waals surface area contributed by atoms with Gasteiger partial charge in [-0.25, -0.2) is 0 Å². The summed E-state index contributed by atoms with van der Waals surface area (Å²) in [6, 6.07) is 15.2. The number of amides is 1. The van der Waals surface area contributed by atoms with Crippen molar-refractivity contribution >= 4 is 22.4 Å².